The van der Waals surface area contributed by atoms with Gasteiger partial charge >= 0.3 is 5.97 Å². The second kappa shape index (κ2) is 7.99. The van der Waals surface area contributed by atoms with Gasteiger partial charge in [-0.3, -0.25) is 4.79 Å². The van der Waals surface area contributed by atoms with Gasteiger partial charge in [0.15, 0.2) is 0 Å². The molecule has 0 aromatic carbocycles. The van der Waals surface area contributed by atoms with Gasteiger partial charge in [-0.15, -0.1) is 11.3 Å². The lowest BCUT2D eigenvalue weighted by Crippen LogP contribution is -2.44. The number of thiazole rings is 1. The molecule has 20 heavy (non-hydrogen) atoms. The molecule has 0 spiro atoms. The van der Waals surface area contributed by atoms with Gasteiger partial charge in [0.1, 0.15) is 6.04 Å². The highest BCUT2D eigenvalue weighted by Gasteiger charge is 2.24. The maximum atomic E-state index is 11.8. The van der Waals surface area contributed by atoms with Crippen LogP contribution in [0.5, 0.6) is 0 Å². The van der Waals surface area contributed by atoms with Gasteiger partial charge in [-0.1, -0.05) is 20.3 Å². The third-order valence-corrected chi connectivity index (χ3v) is 4.12. The summed E-state index contributed by atoms with van der Waals surface area (Å²) < 4.78 is 0. The molecule has 0 bridgehead atoms. The lowest BCUT2D eigenvalue weighted by Gasteiger charge is -2.20. The number of hydrogen-bond acceptors (Lipinski definition) is 4. The van der Waals surface area contributed by atoms with Crippen molar-refractivity contribution in [2.24, 2.45) is 5.92 Å². The average molecular weight is 298 g/mol. The number of carbonyl (C=O) groups is 2. The first kappa shape index (κ1) is 16.6. The van der Waals surface area contributed by atoms with E-state index in [1.807, 2.05) is 26.2 Å². The van der Waals surface area contributed by atoms with Crippen molar-refractivity contribution in [3.63, 3.8) is 0 Å². The molecular weight excluding hydrogens is 276 g/mol. The molecule has 5 nitrogen and oxygen atoms in total. The van der Waals surface area contributed by atoms with Gasteiger partial charge in [-0.25, -0.2) is 9.78 Å². The number of hydrogen-bond donors (Lipinski definition) is 2. The van der Waals surface area contributed by atoms with Crippen LogP contribution in [0, 0.1) is 12.8 Å². The first-order chi connectivity index (χ1) is 9.43. The van der Waals surface area contributed by atoms with Crippen LogP contribution in [0.1, 0.15) is 43.8 Å². The first-order valence-corrected chi connectivity index (χ1v) is 7.75. The smallest absolute Gasteiger partial charge is 0.326 e. The van der Waals surface area contributed by atoms with Gasteiger partial charge in [0.2, 0.25) is 5.91 Å². The van der Waals surface area contributed by atoms with E-state index in [-0.39, 0.29) is 11.8 Å². The summed E-state index contributed by atoms with van der Waals surface area (Å²) in [7, 11) is 0. The monoisotopic (exact) mass is 298 g/mol. The fourth-order valence-electron chi connectivity index (χ4n) is 1.88. The molecule has 0 aliphatic carbocycles. The highest BCUT2D eigenvalue weighted by Crippen LogP contribution is 2.11. The van der Waals surface area contributed by atoms with Crippen LogP contribution in [-0.4, -0.2) is 28.0 Å². The summed E-state index contributed by atoms with van der Waals surface area (Å²) in [5.41, 5.74) is 0.997. The fourth-order valence-corrected chi connectivity index (χ4v) is 2.53. The van der Waals surface area contributed by atoms with Gasteiger partial charge in [0, 0.05) is 11.8 Å². The Morgan fingerprint density at radius 1 is 1.50 bits per heavy atom. The number of rotatable bonds is 8. The molecule has 1 rings (SSSR count). The fraction of sp³-hybridized carbons (Fsp3) is 0.643. The van der Waals surface area contributed by atoms with E-state index in [4.69, 9.17) is 5.11 Å². The van der Waals surface area contributed by atoms with Crippen molar-refractivity contribution in [3.8, 4) is 0 Å². The summed E-state index contributed by atoms with van der Waals surface area (Å²) in [5.74, 6) is -1.25. The van der Waals surface area contributed by atoms with Crippen molar-refractivity contribution in [3.05, 3.63) is 16.1 Å². The molecular formula is C14H22N2O3S. The van der Waals surface area contributed by atoms with E-state index in [0.29, 0.717) is 12.8 Å². The molecule has 0 aliphatic heterocycles. The summed E-state index contributed by atoms with van der Waals surface area (Å²) >= 11 is 1.60. The predicted molar refractivity (Wildman–Crippen MR) is 78.8 cm³/mol. The zero-order valence-electron chi connectivity index (χ0n) is 12.2. The Morgan fingerprint density at radius 3 is 2.70 bits per heavy atom. The Labute approximate surface area is 123 Å². The SMILES string of the molecule is CC[C@H](C)[C@H](NC(=O)CCCc1csc(C)n1)C(=O)O. The van der Waals surface area contributed by atoms with Crippen molar-refractivity contribution >= 4 is 23.2 Å². The molecule has 0 radical (unpaired) electrons. The highest BCUT2D eigenvalue weighted by atomic mass is 32.1. The zero-order chi connectivity index (χ0) is 15.1. The molecule has 6 heteroatoms. The Balaban J connectivity index is 2.36. The number of amides is 1. The van der Waals surface area contributed by atoms with Gasteiger partial charge in [0.05, 0.1) is 10.7 Å². The van der Waals surface area contributed by atoms with Crippen LogP contribution in [0.2, 0.25) is 0 Å². The van der Waals surface area contributed by atoms with Crippen molar-refractivity contribution in [1.82, 2.24) is 10.3 Å². The number of carboxylic acids is 1. The molecule has 0 saturated heterocycles. The second-order valence-electron chi connectivity index (χ2n) is 4.98. The van der Waals surface area contributed by atoms with Gasteiger partial charge in [-0.2, -0.15) is 0 Å². The lowest BCUT2D eigenvalue weighted by atomic mass is 9.99. The summed E-state index contributed by atoms with van der Waals surface area (Å²) in [6.45, 7) is 5.69. The highest BCUT2D eigenvalue weighted by molar-refractivity contribution is 7.09. The van der Waals surface area contributed by atoms with E-state index >= 15 is 0 Å². The molecule has 0 unspecified atom stereocenters. The van der Waals surface area contributed by atoms with E-state index < -0.39 is 12.0 Å². The molecule has 0 saturated carbocycles. The number of aryl methyl sites for hydroxylation is 2. The molecule has 2 N–H and O–H groups in total. The molecule has 112 valence electrons. The minimum Gasteiger partial charge on any atom is -0.480 e. The van der Waals surface area contributed by atoms with Gasteiger partial charge < -0.3 is 10.4 Å². The second-order valence-corrected chi connectivity index (χ2v) is 6.04. The standard InChI is InChI=1S/C14H22N2O3S/c1-4-9(2)13(14(18)19)16-12(17)7-5-6-11-8-20-10(3)15-11/h8-9,13H,4-7H2,1-3H3,(H,16,17)(H,18,19)/t9-,13-/m0/s1. The predicted octanol–water partition coefficient (Wildman–Crippen LogP) is 2.39. The van der Waals surface area contributed by atoms with Crippen LogP contribution in [0.25, 0.3) is 0 Å². The van der Waals surface area contributed by atoms with Crippen LogP contribution in [0.3, 0.4) is 0 Å². The van der Waals surface area contributed by atoms with Crippen molar-refractivity contribution in [1.29, 1.82) is 0 Å². The van der Waals surface area contributed by atoms with Crippen molar-refractivity contribution in [2.75, 3.05) is 0 Å². The third-order valence-electron chi connectivity index (χ3n) is 3.30. The minimum absolute atomic E-state index is 0.0716. The average Bonchev–Trinajstić information content (AvgIpc) is 2.80. The maximum Gasteiger partial charge on any atom is 0.326 e. The molecule has 0 aliphatic rings. The molecule has 0 fully saturated rings. The van der Waals surface area contributed by atoms with Crippen LogP contribution in [0.4, 0.5) is 0 Å². The molecule has 1 amide bonds. The van der Waals surface area contributed by atoms with E-state index in [0.717, 1.165) is 23.5 Å². The lowest BCUT2D eigenvalue weighted by molar-refractivity contribution is -0.143. The third kappa shape index (κ3) is 5.28. The number of carbonyl (C=O) groups excluding carboxylic acids is 1. The normalized spacial score (nSPS) is 13.8. The summed E-state index contributed by atoms with van der Waals surface area (Å²) in [6.07, 6.45) is 2.48. The Bertz CT molecular complexity index is 459. The quantitative estimate of drug-likeness (QED) is 0.772. The van der Waals surface area contributed by atoms with Crippen LogP contribution in [-0.2, 0) is 16.0 Å². The molecule has 2 atom stereocenters. The van der Waals surface area contributed by atoms with Gasteiger partial charge in [0.25, 0.3) is 0 Å². The van der Waals surface area contributed by atoms with E-state index in [9.17, 15) is 9.59 Å². The Morgan fingerprint density at radius 2 is 2.20 bits per heavy atom. The summed E-state index contributed by atoms with van der Waals surface area (Å²) in [5, 5.41) is 14.7. The van der Waals surface area contributed by atoms with E-state index in [2.05, 4.69) is 10.3 Å². The summed E-state index contributed by atoms with van der Waals surface area (Å²) in [4.78, 5) is 27.2. The molecule has 1 aromatic heterocycles. The summed E-state index contributed by atoms with van der Waals surface area (Å²) in [6, 6.07) is -0.797. The number of nitrogens with one attached hydrogen (secondary N) is 1. The number of aliphatic carboxylic acids is 1. The van der Waals surface area contributed by atoms with E-state index in [1.165, 1.54) is 0 Å². The van der Waals surface area contributed by atoms with E-state index in [1.54, 1.807) is 11.3 Å². The topological polar surface area (TPSA) is 79.3 Å². The molecule has 1 aromatic rings. The van der Waals surface area contributed by atoms with Gasteiger partial charge in [-0.05, 0) is 25.7 Å². The zero-order valence-corrected chi connectivity index (χ0v) is 13.0. The maximum absolute atomic E-state index is 11.8. The van der Waals surface area contributed by atoms with Crippen LogP contribution >= 0.6 is 11.3 Å². The van der Waals surface area contributed by atoms with Crippen molar-refractivity contribution < 1.29 is 14.7 Å². The number of carboxylic acid groups (broad SMARTS) is 1. The number of aromatic nitrogens is 1. The Kier molecular flexibility index (Phi) is 6.64. The molecule has 1 heterocycles. The van der Waals surface area contributed by atoms with Crippen LogP contribution in [0.15, 0.2) is 5.38 Å². The van der Waals surface area contributed by atoms with Crippen LogP contribution < -0.4 is 5.32 Å². The van der Waals surface area contributed by atoms with Crippen molar-refractivity contribution in [2.45, 2.75) is 52.5 Å². The first-order valence-electron chi connectivity index (χ1n) is 6.87. The minimum atomic E-state index is -0.970. The number of nitrogens with zero attached hydrogens (tertiary/aromatic N) is 1. The Hall–Kier alpha value is -1.43. The largest absolute Gasteiger partial charge is 0.480 e.